The van der Waals surface area contributed by atoms with Gasteiger partial charge in [-0.3, -0.25) is 25.3 Å². The van der Waals surface area contributed by atoms with Crippen molar-refractivity contribution >= 4 is 17.5 Å². The fourth-order valence-corrected chi connectivity index (χ4v) is 5.56. The molecule has 3 saturated heterocycles. The fourth-order valence-electron chi connectivity index (χ4n) is 5.26. The highest BCUT2D eigenvalue weighted by Gasteiger charge is 2.45. The summed E-state index contributed by atoms with van der Waals surface area (Å²) in [7, 11) is 0. The number of fused-ring (bicyclic) bond motifs is 1. The molecule has 136 valence electrons. The molecule has 6 atom stereocenters. The molecule has 3 aliphatic heterocycles. The highest BCUT2D eigenvalue weighted by atomic mass is 35.5. The van der Waals surface area contributed by atoms with Gasteiger partial charge >= 0.3 is 0 Å². The molecule has 3 heterocycles. The molecule has 0 spiro atoms. The normalized spacial score (nSPS) is 45.0. The fraction of sp³-hybridized carbons (Fsp3) is 0.941. The highest BCUT2D eigenvalue weighted by Crippen LogP contribution is 2.34. The first kappa shape index (κ1) is 17.0. The molecule has 0 aromatic rings. The van der Waals surface area contributed by atoms with Crippen LogP contribution in [0.15, 0.2) is 0 Å². The molecule has 6 unspecified atom stereocenters. The second kappa shape index (κ2) is 7.08. The number of carbonyl (C=O) groups excluding carboxylic acids is 1. The zero-order valence-electron chi connectivity index (χ0n) is 14.5. The van der Waals surface area contributed by atoms with E-state index < -0.39 is 5.38 Å². The molecular weight excluding hydrogens is 326 g/mol. The smallest absolute Gasteiger partial charge is 0.253 e. The monoisotopic (exact) mass is 355 g/mol. The van der Waals surface area contributed by atoms with Crippen LogP contribution in [0.5, 0.6) is 0 Å². The van der Waals surface area contributed by atoms with Gasteiger partial charge in [0.2, 0.25) is 0 Å². The van der Waals surface area contributed by atoms with Crippen molar-refractivity contribution in [2.75, 3.05) is 26.3 Å². The second-order valence-electron chi connectivity index (χ2n) is 8.00. The molecule has 3 N–H and O–H groups in total. The summed E-state index contributed by atoms with van der Waals surface area (Å²) >= 11 is 6.35. The van der Waals surface area contributed by atoms with E-state index in [-0.39, 0.29) is 11.9 Å². The summed E-state index contributed by atoms with van der Waals surface area (Å²) < 4.78 is 0. The predicted octanol–water partition coefficient (Wildman–Crippen LogP) is 0.481. The summed E-state index contributed by atoms with van der Waals surface area (Å²) in [5.74, 6) is 0.711. The number of amides is 1. The van der Waals surface area contributed by atoms with Crippen LogP contribution in [-0.2, 0) is 4.79 Å². The van der Waals surface area contributed by atoms with E-state index in [0.717, 1.165) is 38.3 Å². The molecule has 1 saturated carbocycles. The summed E-state index contributed by atoms with van der Waals surface area (Å²) in [6, 6.07) is 1.98. The summed E-state index contributed by atoms with van der Waals surface area (Å²) in [5.41, 5.74) is 5.61. The van der Waals surface area contributed by atoms with E-state index in [2.05, 4.69) is 32.9 Å². The summed E-state index contributed by atoms with van der Waals surface area (Å²) in [6.45, 7) is 6.19. The molecule has 6 nitrogen and oxygen atoms in total. The number of hydrogen-bond donors (Lipinski definition) is 3. The molecule has 0 radical (unpaired) electrons. The lowest BCUT2D eigenvalue weighted by Gasteiger charge is -2.46. The number of hydrogen-bond acceptors (Lipinski definition) is 5. The van der Waals surface area contributed by atoms with Gasteiger partial charge in [-0.15, -0.1) is 11.6 Å². The van der Waals surface area contributed by atoms with Gasteiger partial charge in [-0.05, 0) is 25.2 Å². The first-order chi connectivity index (χ1) is 11.6. The molecule has 7 heteroatoms. The van der Waals surface area contributed by atoms with Crippen molar-refractivity contribution < 1.29 is 4.79 Å². The Bertz CT molecular complexity index is 478. The van der Waals surface area contributed by atoms with Crippen LogP contribution in [-0.4, -0.2) is 71.6 Å². The van der Waals surface area contributed by atoms with E-state index >= 15 is 0 Å². The number of carbonyl (C=O) groups is 1. The van der Waals surface area contributed by atoms with Gasteiger partial charge < -0.3 is 0 Å². The van der Waals surface area contributed by atoms with Crippen LogP contribution in [0.1, 0.15) is 39.0 Å². The Balaban J connectivity index is 1.40. The van der Waals surface area contributed by atoms with E-state index in [9.17, 15) is 4.79 Å². The first-order valence-corrected chi connectivity index (χ1v) is 9.99. The average molecular weight is 356 g/mol. The van der Waals surface area contributed by atoms with Crippen molar-refractivity contribution in [3.63, 3.8) is 0 Å². The van der Waals surface area contributed by atoms with Crippen molar-refractivity contribution in [3.05, 3.63) is 0 Å². The minimum Gasteiger partial charge on any atom is -0.299 e. The van der Waals surface area contributed by atoms with Crippen molar-refractivity contribution in [1.82, 2.24) is 26.0 Å². The van der Waals surface area contributed by atoms with E-state index in [1.54, 1.807) is 0 Å². The number of rotatable bonds is 2. The number of alkyl halides is 1. The van der Waals surface area contributed by atoms with E-state index in [0.29, 0.717) is 12.1 Å². The molecule has 4 fully saturated rings. The molecule has 0 bridgehead atoms. The van der Waals surface area contributed by atoms with E-state index in [4.69, 9.17) is 11.6 Å². The Morgan fingerprint density at radius 3 is 2.79 bits per heavy atom. The molecule has 0 aromatic carbocycles. The van der Waals surface area contributed by atoms with Gasteiger partial charge in [0.1, 0.15) is 5.38 Å². The van der Waals surface area contributed by atoms with Crippen LogP contribution in [0.4, 0.5) is 0 Å². The number of piperidine rings is 1. The van der Waals surface area contributed by atoms with Gasteiger partial charge in [0, 0.05) is 50.5 Å². The third-order valence-electron chi connectivity index (χ3n) is 6.64. The van der Waals surface area contributed by atoms with Gasteiger partial charge in [-0.2, -0.15) is 0 Å². The minimum atomic E-state index is -0.460. The molecular formula is C17H30ClN5O. The van der Waals surface area contributed by atoms with Gasteiger partial charge in [-0.1, -0.05) is 19.8 Å². The zero-order valence-corrected chi connectivity index (χ0v) is 15.3. The topological polar surface area (TPSA) is 59.6 Å². The van der Waals surface area contributed by atoms with Gasteiger partial charge in [0.25, 0.3) is 5.91 Å². The Morgan fingerprint density at radius 2 is 1.96 bits per heavy atom. The number of hydrazine groups is 1. The Labute approximate surface area is 149 Å². The summed E-state index contributed by atoms with van der Waals surface area (Å²) in [4.78, 5) is 17.0. The van der Waals surface area contributed by atoms with Crippen LogP contribution >= 0.6 is 11.6 Å². The first-order valence-electron chi connectivity index (χ1n) is 9.55. The van der Waals surface area contributed by atoms with Gasteiger partial charge in [0.05, 0.1) is 0 Å². The average Bonchev–Trinajstić information content (AvgIpc) is 3.01. The second-order valence-corrected chi connectivity index (χ2v) is 8.47. The number of nitrogens with zero attached hydrogens (tertiary/aromatic N) is 2. The SMILES string of the molecule is CC1CCCCC1N1CNC2CN(C3CNNC(=O)C3Cl)CCC21. The van der Waals surface area contributed by atoms with Crippen molar-refractivity contribution in [3.8, 4) is 0 Å². The zero-order chi connectivity index (χ0) is 16.7. The van der Waals surface area contributed by atoms with Crippen LogP contribution in [0.3, 0.4) is 0 Å². The lowest BCUT2D eigenvalue weighted by molar-refractivity contribution is -0.125. The van der Waals surface area contributed by atoms with Gasteiger partial charge in [0.15, 0.2) is 0 Å². The lowest BCUT2D eigenvalue weighted by atomic mass is 9.83. The van der Waals surface area contributed by atoms with Crippen LogP contribution in [0, 0.1) is 5.92 Å². The maximum Gasteiger partial charge on any atom is 0.253 e. The maximum atomic E-state index is 11.8. The Morgan fingerprint density at radius 1 is 1.12 bits per heavy atom. The Kier molecular flexibility index (Phi) is 5.02. The molecule has 0 aromatic heterocycles. The number of likely N-dealkylation sites (tertiary alicyclic amines) is 1. The minimum absolute atomic E-state index is 0.0887. The number of halogens is 1. The lowest BCUT2D eigenvalue weighted by Crippen LogP contribution is -2.65. The molecule has 24 heavy (non-hydrogen) atoms. The Hall–Kier alpha value is -0.400. The van der Waals surface area contributed by atoms with Crippen LogP contribution < -0.4 is 16.2 Å². The van der Waals surface area contributed by atoms with Crippen LogP contribution in [0.25, 0.3) is 0 Å². The predicted molar refractivity (Wildman–Crippen MR) is 94.6 cm³/mol. The molecule has 1 amide bonds. The molecule has 4 aliphatic rings. The van der Waals surface area contributed by atoms with E-state index in [1.807, 2.05) is 0 Å². The van der Waals surface area contributed by atoms with Crippen molar-refractivity contribution in [1.29, 1.82) is 0 Å². The van der Waals surface area contributed by atoms with E-state index in [1.165, 1.54) is 32.1 Å². The standard InChI is InChI=1S/C17H30ClN5O/c1-11-4-2-3-5-13(11)23-10-19-12-9-22(7-6-14(12)23)15-8-20-21-17(24)16(15)18/h11-16,19-20H,2-10H2,1H3,(H,21,24). The molecule has 4 rings (SSSR count). The summed E-state index contributed by atoms with van der Waals surface area (Å²) in [6.07, 6.45) is 6.68. The van der Waals surface area contributed by atoms with Crippen LogP contribution in [0.2, 0.25) is 0 Å². The third kappa shape index (κ3) is 3.07. The van der Waals surface area contributed by atoms with Gasteiger partial charge in [-0.25, -0.2) is 5.43 Å². The largest absolute Gasteiger partial charge is 0.299 e. The van der Waals surface area contributed by atoms with Crippen molar-refractivity contribution in [2.24, 2.45) is 5.92 Å². The van der Waals surface area contributed by atoms with Crippen molar-refractivity contribution in [2.45, 2.75) is 68.6 Å². The number of nitrogens with one attached hydrogen (secondary N) is 3. The maximum absolute atomic E-state index is 11.8. The summed E-state index contributed by atoms with van der Waals surface area (Å²) in [5, 5.41) is 3.28. The highest BCUT2D eigenvalue weighted by molar-refractivity contribution is 6.31. The molecule has 1 aliphatic carbocycles. The third-order valence-corrected chi connectivity index (χ3v) is 7.13. The quantitative estimate of drug-likeness (QED) is 0.629.